The van der Waals surface area contributed by atoms with Gasteiger partial charge in [-0.25, -0.2) is 9.18 Å². The molecule has 0 aliphatic carbocycles. The van der Waals surface area contributed by atoms with E-state index < -0.39 is 11.8 Å². The van der Waals surface area contributed by atoms with Gasteiger partial charge in [0.25, 0.3) is 0 Å². The lowest BCUT2D eigenvalue weighted by Gasteiger charge is -2.17. The van der Waals surface area contributed by atoms with Crippen molar-refractivity contribution in [1.29, 1.82) is 0 Å². The minimum absolute atomic E-state index is 0.146. The number of anilines is 1. The number of carboxylic acid groups (broad SMARTS) is 1. The molecule has 2 aromatic rings. The maximum absolute atomic E-state index is 13.3. The van der Waals surface area contributed by atoms with Crippen LogP contribution in [0.5, 0.6) is 0 Å². The molecule has 0 aliphatic heterocycles. The molecule has 3 nitrogen and oxygen atoms in total. The zero-order valence-corrected chi connectivity index (χ0v) is 12.5. The second kappa shape index (κ2) is 6.33. The second-order valence-electron chi connectivity index (χ2n) is 4.54. The first-order valence-corrected chi connectivity index (χ1v) is 6.88. The zero-order chi connectivity index (χ0) is 15.6. The molecule has 1 atom stereocenters. The van der Waals surface area contributed by atoms with Gasteiger partial charge in [0.15, 0.2) is 0 Å². The predicted octanol–water partition coefficient (Wildman–Crippen LogP) is 5.00. The van der Waals surface area contributed by atoms with Gasteiger partial charge in [0.05, 0.1) is 15.6 Å². The van der Waals surface area contributed by atoms with Crippen molar-refractivity contribution in [3.05, 3.63) is 63.4 Å². The van der Waals surface area contributed by atoms with Crippen molar-refractivity contribution >= 4 is 34.9 Å². The van der Waals surface area contributed by atoms with E-state index in [0.717, 1.165) is 11.6 Å². The van der Waals surface area contributed by atoms with E-state index in [0.29, 0.717) is 15.7 Å². The Bertz CT molecular complexity index is 691. The van der Waals surface area contributed by atoms with E-state index in [-0.39, 0.29) is 11.6 Å². The van der Waals surface area contributed by atoms with Crippen molar-refractivity contribution in [1.82, 2.24) is 0 Å². The standard InChI is InChI=1S/C15H12Cl2FNO2/c1-8(9-2-4-12(16)13(17)6-9)19-10-3-5-14(18)11(7-10)15(20)21/h2-8,19H,1H3,(H,20,21). The highest BCUT2D eigenvalue weighted by molar-refractivity contribution is 6.42. The molecule has 0 heterocycles. The zero-order valence-electron chi connectivity index (χ0n) is 11.0. The number of hydrogen-bond donors (Lipinski definition) is 2. The summed E-state index contributed by atoms with van der Waals surface area (Å²) in [7, 11) is 0. The first kappa shape index (κ1) is 15.6. The number of benzene rings is 2. The third-order valence-electron chi connectivity index (χ3n) is 3.02. The van der Waals surface area contributed by atoms with Gasteiger partial charge in [0, 0.05) is 11.7 Å². The minimum atomic E-state index is -1.31. The molecule has 1 unspecified atom stereocenters. The Balaban J connectivity index is 2.23. The summed E-state index contributed by atoms with van der Waals surface area (Å²) in [5.74, 6) is -2.08. The number of aromatic carboxylic acids is 1. The molecular formula is C15H12Cl2FNO2. The van der Waals surface area contributed by atoms with Crippen LogP contribution in [-0.2, 0) is 0 Å². The number of carboxylic acids is 1. The van der Waals surface area contributed by atoms with Crippen LogP contribution in [0.4, 0.5) is 10.1 Å². The first-order valence-electron chi connectivity index (χ1n) is 6.13. The second-order valence-corrected chi connectivity index (χ2v) is 5.35. The van der Waals surface area contributed by atoms with Crippen LogP contribution < -0.4 is 5.32 Å². The molecule has 6 heteroatoms. The third kappa shape index (κ3) is 3.65. The maximum Gasteiger partial charge on any atom is 0.338 e. The van der Waals surface area contributed by atoms with Crippen molar-refractivity contribution in [2.45, 2.75) is 13.0 Å². The molecule has 0 saturated carbocycles. The molecule has 0 aromatic heterocycles. The number of nitrogens with one attached hydrogen (secondary N) is 1. The topological polar surface area (TPSA) is 49.3 Å². The highest BCUT2D eigenvalue weighted by Gasteiger charge is 2.13. The van der Waals surface area contributed by atoms with E-state index in [9.17, 15) is 9.18 Å². The molecule has 0 fully saturated rings. The van der Waals surface area contributed by atoms with Gasteiger partial charge in [-0.2, -0.15) is 0 Å². The van der Waals surface area contributed by atoms with Crippen molar-refractivity contribution in [3.63, 3.8) is 0 Å². The SMILES string of the molecule is CC(Nc1ccc(F)c(C(=O)O)c1)c1ccc(Cl)c(Cl)c1. The molecule has 2 N–H and O–H groups in total. The monoisotopic (exact) mass is 327 g/mol. The molecule has 110 valence electrons. The average Bonchev–Trinajstić information content (AvgIpc) is 2.43. The molecule has 21 heavy (non-hydrogen) atoms. The van der Waals surface area contributed by atoms with Crippen LogP contribution in [-0.4, -0.2) is 11.1 Å². The fourth-order valence-corrected chi connectivity index (χ4v) is 2.20. The molecule has 0 aliphatic rings. The fourth-order valence-electron chi connectivity index (χ4n) is 1.89. The molecule has 0 saturated heterocycles. The Labute approximate surface area is 131 Å². The number of hydrogen-bond acceptors (Lipinski definition) is 2. The highest BCUT2D eigenvalue weighted by atomic mass is 35.5. The van der Waals surface area contributed by atoms with Crippen molar-refractivity contribution in [2.24, 2.45) is 0 Å². The van der Waals surface area contributed by atoms with Gasteiger partial charge >= 0.3 is 5.97 Å². The summed E-state index contributed by atoms with van der Waals surface area (Å²) in [6, 6.07) is 8.93. The fraction of sp³-hybridized carbons (Fsp3) is 0.133. The summed E-state index contributed by atoms with van der Waals surface area (Å²) in [6.07, 6.45) is 0. The van der Waals surface area contributed by atoms with Crippen LogP contribution in [0.1, 0.15) is 28.9 Å². The molecular weight excluding hydrogens is 316 g/mol. The van der Waals surface area contributed by atoms with Crippen molar-refractivity contribution in [2.75, 3.05) is 5.32 Å². The van der Waals surface area contributed by atoms with Crippen molar-refractivity contribution in [3.8, 4) is 0 Å². The highest BCUT2D eigenvalue weighted by Crippen LogP contribution is 2.27. The Morgan fingerprint density at radius 3 is 2.52 bits per heavy atom. The molecule has 0 bridgehead atoms. The van der Waals surface area contributed by atoms with E-state index in [1.54, 1.807) is 12.1 Å². The van der Waals surface area contributed by atoms with E-state index in [2.05, 4.69) is 5.32 Å². The third-order valence-corrected chi connectivity index (χ3v) is 3.76. The lowest BCUT2D eigenvalue weighted by Crippen LogP contribution is -2.08. The molecule has 2 aromatic carbocycles. The largest absolute Gasteiger partial charge is 0.478 e. The Morgan fingerprint density at radius 2 is 1.90 bits per heavy atom. The van der Waals surface area contributed by atoms with Gasteiger partial charge in [-0.1, -0.05) is 29.3 Å². The van der Waals surface area contributed by atoms with Crippen LogP contribution in [0.2, 0.25) is 10.0 Å². The molecule has 0 amide bonds. The average molecular weight is 328 g/mol. The lowest BCUT2D eigenvalue weighted by atomic mass is 10.1. The minimum Gasteiger partial charge on any atom is -0.478 e. The van der Waals surface area contributed by atoms with Gasteiger partial charge in [-0.15, -0.1) is 0 Å². The van der Waals surface area contributed by atoms with Gasteiger partial charge in [-0.3, -0.25) is 0 Å². The summed E-state index contributed by atoms with van der Waals surface area (Å²) in [5.41, 5.74) is 1.01. The van der Waals surface area contributed by atoms with Crippen LogP contribution in [0.15, 0.2) is 36.4 Å². The van der Waals surface area contributed by atoms with Crippen molar-refractivity contribution < 1.29 is 14.3 Å². The maximum atomic E-state index is 13.3. The summed E-state index contributed by atoms with van der Waals surface area (Å²) in [6.45, 7) is 1.88. The molecule has 2 rings (SSSR count). The summed E-state index contributed by atoms with van der Waals surface area (Å²) >= 11 is 11.8. The lowest BCUT2D eigenvalue weighted by molar-refractivity contribution is 0.0692. The van der Waals surface area contributed by atoms with Gasteiger partial charge in [0.1, 0.15) is 5.82 Å². The smallest absolute Gasteiger partial charge is 0.338 e. The van der Waals surface area contributed by atoms with E-state index in [1.807, 2.05) is 13.0 Å². The molecule has 0 spiro atoms. The number of halogens is 3. The van der Waals surface area contributed by atoms with Crippen LogP contribution in [0.3, 0.4) is 0 Å². The molecule has 0 radical (unpaired) electrons. The van der Waals surface area contributed by atoms with Crippen LogP contribution in [0, 0.1) is 5.82 Å². The quantitative estimate of drug-likeness (QED) is 0.830. The van der Waals surface area contributed by atoms with E-state index >= 15 is 0 Å². The Hall–Kier alpha value is -1.78. The summed E-state index contributed by atoms with van der Waals surface area (Å²) < 4.78 is 13.3. The van der Waals surface area contributed by atoms with Crippen LogP contribution in [0.25, 0.3) is 0 Å². The Morgan fingerprint density at radius 1 is 1.19 bits per heavy atom. The summed E-state index contributed by atoms with van der Waals surface area (Å²) in [5, 5.41) is 12.9. The predicted molar refractivity (Wildman–Crippen MR) is 81.9 cm³/mol. The van der Waals surface area contributed by atoms with E-state index in [4.69, 9.17) is 28.3 Å². The van der Waals surface area contributed by atoms with Crippen LogP contribution >= 0.6 is 23.2 Å². The normalized spacial score (nSPS) is 12.0. The van der Waals surface area contributed by atoms with Gasteiger partial charge in [-0.05, 0) is 42.8 Å². The number of rotatable bonds is 4. The number of carbonyl (C=O) groups is 1. The summed E-state index contributed by atoms with van der Waals surface area (Å²) in [4.78, 5) is 10.9. The van der Waals surface area contributed by atoms with E-state index in [1.165, 1.54) is 12.1 Å². The first-order chi connectivity index (χ1) is 9.88. The van der Waals surface area contributed by atoms with Gasteiger partial charge in [0.2, 0.25) is 0 Å². The van der Waals surface area contributed by atoms with Gasteiger partial charge < -0.3 is 10.4 Å². The Kier molecular flexibility index (Phi) is 4.70.